The van der Waals surface area contributed by atoms with Gasteiger partial charge in [-0.2, -0.15) is 0 Å². The van der Waals surface area contributed by atoms with Crippen molar-refractivity contribution >= 4 is 11.8 Å². The van der Waals surface area contributed by atoms with E-state index >= 15 is 0 Å². The molecule has 1 aliphatic rings. The fourth-order valence-electron chi connectivity index (χ4n) is 2.84. The first-order chi connectivity index (χ1) is 14.0. The summed E-state index contributed by atoms with van der Waals surface area (Å²) in [5.74, 6) is -1.08. The smallest absolute Gasteiger partial charge is 0.251 e. The molecule has 0 bridgehead atoms. The summed E-state index contributed by atoms with van der Waals surface area (Å²) in [7, 11) is 0. The van der Waals surface area contributed by atoms with Gasteiger partial charge in [-0.25, -0.2) is 14.4 Å². The Hall–Kier alpha value is -3.17. The van der Waals surface area contributed by atoms with Crippen molar-refractivity contribution in [1.29, 1.82) is 0 Å². The number of aromatic nitrogens is 2. The van der Waals surface area contributed by atoms with Gasteiger partial charge >= 0.3 is 0 Å². The van der Waals surface area contributed by atoms with E-state index in [0.717, 1.165) is 0 Å². The average molecular weight is 400 g/mol. The lowest BCUT2D eigenvalue weighted by molar-refractivity contribution is -0.125. The van der Waals surface area contributed by atoms with Crippen LogP contribution in [0.1, 0.15) is 22.5 Å². The normalized spacial score (nSPS) is 20.8. The highest BCUT2D eigenvalue weighted by atomic mass is 19.1. The number of nitrogens with zero attached hydrogens (tertiary/aromatic N) is 2. The number of amides is 2. The third-order valence-corrected chi connectivity index (χ3v) is 4.36. The zero-order valence-corrected chi connectivity index (χ0v) is 15.5. The standard InChI is InChI=1S/C20H21FN4O4/c21-14-3-1-13(2-4-14)20(28)25-17-6-5-16(29-18(17)11-26)9-19(27)23-10-15-7-8-22-12-24-15/h1-8,12,16-18,26H,9-11H2,(H,23,27)(H,25,28)/t16-,17-,18+/m1/s1. The molecular formula is C20H21FN4O4. The SMILES string of the molecule is O=C(C[C@H]1C=C[C@@H](NC(=O)c2ccc(F)cc2)[C@H](CO)O1)NCc1ccncn1. The van der Waals surface area contributed by atoms with Gasteiger partial charge in [0.05, 0.1) is 37.4 Å². The summed E-state index contributed by atoms with van der Waals surface area (Å²) in [5, 5.41) is 15.1. The molecule has 3 rings (SSSR count). The van der Waals surface area contributed by atoms with E-state index in [2.05, 4.69) is 20.6 Å². The van der Waals surface area contributed by atoms with Gasteiger partial charge in [0.2, 0.25) is 5.91 Å². The van der Waals surface area contributed by atoms with Crippen molar-refractivity contribution in [3.8, 4) is 0 Å². The number of hydrogen-bond donors (Lipinski definition) is 3. The molecule has 0 spiro atoms. The van der Waals surface area contributed by atoms with Crippen LogP contribution < -0.4 is 10.6 Å². The molecule has 0 saturated carbocycles. The number of halogens is 1. The Morgan fingerprint density at radius 2 is 1.97 bits per heavy atom. The predicted octanol–water partition coefficient (Wildman–Crippen LogP) is 0.736. The van der Waals surface area contributed by atoms with E-state index in [9.17, 15) is 19.1 Å². The minimum atomic E-state index is -0.705. The Morgan fingerprint density at radius 3 is 2.66 bits per heavy atom. The van der Waals surface area contributed by atoms with E-state index in [4.69, 9.17) is 4.74 Å². The Labute approximate surface area is 166 Å². The number of ether oxygens (including phenoxy) is 1. The van der Waals surface area contributed by atoms with Crippen molar-refractivity contribution in [3.05, 3.63) is 72.1 Å². The summed E-state index contributed by atoms with van der Waals surface area (Å²) in [6, 6.07) is 6.27. The summed E-state index contributed by atoms with van der Waals surface area (Å²) >= 11 is 0. The quantitative estimate of drug-likeness (QED) is 0.591. The molecule has 3 atom stereocenters. The van der Waals surface area contributed by atoms with Crippen LogP contribution in [0.15, 0.2) is 55.0 Å². The van der Waals surface area contributed by atoms with E-state index in [0.29, 0.717) is 11.3 Å². The van der Waals surface area contributed by atoms with Gasteiger partial charge in [-0.05, 0) is 30.3 Å². The van der Waals surface area contributed by atoms with E-state index in [1.807, 2.05) is 0 Å². The zero-order chi connectivity index (χ0) is 20.6. The van der Waals surface area contributed by atoms with Gasteiger partial charge in [-0.1, -0.05) is 12.2 Å². The summed E-state index contributed by atoms with van der Waals surface area (Å²) in [6.45, 7) is -0.0602. The van der Waals surface area contributed by atoms with Crippen molar-refractivity contribution in [1.82, 2.24) is 20.6 Å². The number of rotatable bonds is 7. The maximum atomic E-state index is 13.0. The molecule has 0 fully saturated rings. The van der Waals surface area contributed by atoms with Crippen LogP contribution in [0.2, 0.25) is 0 Å². The number of nitrogens with one attached hydrogen (secondary N) is 2. The number of benzene rings is 1. The first-order valence-corrected chi connectivity index (χ1v) is 9.08. The molecule has 0 unspecified atom stereocenters. The fourth-order valence-corrected chi connectivity index (χ4v) is 2.84. The number of carbonyl (C=O) groups is 2. The molecule has 1 aromatic heterocycles. The zero-order valence-electron chi connectivity index (χ0n) is 15.5. The second-order valence-electron chi connectivity index (χ2n) is 6.47. The van der Waals surface area contributed by atoms with Crippen molar-refractivity contribution in [2.45, 2.75) is 31.2 Å². The van der Waals surface area contributed by atoms with Crippen LogP contribution in [-0.4, -0.2) is 51.7 Å². The molecule has 2 heterocycles. The van der Waals surface area contributed by atoms with Crippen LogP contribution in [-0.2, 0) is 16.1 Å². The number of hydrogen-bond acceptors (Lipinski definition) is 6. The van der Waals surface area contributed by atoms with Crippen molar-refractivity contribution < 1.29 is 23.8 Å². The largest absolute Gasteiger partial charge is 0.394 e. The topological polar surface area (TPSA) is 113 Å². The van der Waals surface area contributed by atoms with Crippen molar-refractivity contribution in [3.63, 3.8) is 0 Å². The molecule has 9 heteroatoms. The van der Waals surface area contributed by atoms with Gasteiger partial charge in [0, 0.05) is 11.8 Å². The molecule has 1 aromatic carbocycles. The third-order valence-electron chi connectivity index (χ3n) is 4.36. The first kappa shape index (κ1) is 20.6. The van der Waals surface area contributed by atoms with Crippen LogP contribution in [0.3, 0.4) is 0 Å². The van der Waals surface area contributed by atoms with Crippen LogP contribution in [0, 0.1) is 5.82 Å². The van der Waals surface area contributed by atoms with Gasteiger partial charge in [-0.3, -0.25) is 9.59 Å². The van der Waals surface area contributed by atoms with Crippen LogP contribution in [0.5, 0.6) is 0 Å². The second kappa shape index (κ2) is 9.85. The average Bonchev–Trinajstić information content (AvgIpc) is 2.74. The molecule has 29 heavy (non-hydrogen) atoms. The molecular weight excluding hydrogens is 379 g/mol. The summed E-state index contributed by atoms with van der Waals surface area (Å²) in [4.78, 5) is 32.2. The van der Waals surface area contributed by atoms with Crippen LogP contribution >= 0.6 is 0 Å². The van der Waals surface area contributed by atoms with E-state index in [1.54, 1.807) is 24.4 Å². The molecule has 8 nitrogen and oxygen atoms in total. The molecule has 0 saturated heterocycles. The van der Waals surface area contributed by atoms with Gasteiger partial charge in [0.1, 0.15) is 18.2 Å². The Morgan fingerprint density at radius 1 is 1.17 bits per heavy atom. The molecule has 2 amide bonds. The lowest BCUT2D eigenvalue weighted by atomic mass is 10.0. The lowest BCUT2D eigenvalue weighted by Crippen LogP contribution is -2.49. The monoisotopic (exact) mass is 400 g/mol. The van der Waals surface area contributed by atoms with Crippen LogP contribution in [0.4, 0.5) is 4.39 Å². The molecule has 1 aliphatic heterocycles. The highest BCUT2D eigenvalue weighted by Gasteiger charge is 2.29. The third kappa shape index (κ3) is 5.90. The first-order valence-electron chi connectivity index (χ1n) is 9.08. The number of carbonyl (C=O) groups excluding carboxylic acids is 2. The number of aliphatic hydroxyl groups is 1. The minimum Gasteiger partial charge on any atom is -0.394 e. The molecule has 2 aromatic rings. The second-order valence-corrected chi connectivity index (χ2v) is 6.47. The molecule has 0 radical (unpaired) electrons. The maximum Gasteiger partial charge on any atom is 0.251 e. The van der Waals surface area contributed by atoms with Crippen LogP contribution in [0.25, 0.3) is 0 Å². The number of aliphatic hydroxyl groups excluding tert-OH is 1. The van der Waals surface area contributed by atoms with E-state index in [1.165, 1.54) is 30.6 Å². The molecule has 0 aliphatic carbocycles. The predicted molar refractivity (Wildman–Crippen MR) is 101 cm³/mol. The minimum absolute atomic E-state index is 0.0662. The molecule has 152 valence electrons. The van der Waals surface area contributed by atoms with Gasteiger partial charge in [0.25, 0.3) is 5.91 Å². The van der Waals surface area contributed by atoms with Crippen molar-refractivity contribution in [2.75, 3.05) is 6.61 Å². The Bertz CT molecular complexity index is 861. The van der Waals surface area contributed by atoms with E-state index in [-0.39, 0.29) is 25.5 Å². The summed E-state index contributed by atoms with van der Waals surface area (Å²) in [5.41, 5.74) is 0.980. The Kier molecular flexibility index (Phi) is 6.99. The maximum absolute atomic E-state index is 13.0. The molecule has 3 N–H and O–H groups in total. The van der Waals surface area contributed by atoms with E-state index < -0.39 is 30.0 Å². The van der Waals surface area contributed by atoms with Gasteiger partial charge in [-0.15, -0.1) is 0 Å². The Balaban J connectivity index is 1.53. The van der Waals surface area contributed by atoms with Crippen molar-refractivity contribution in [2.24, 2.45) is 0 Å². The lowest BCUT2D eigenvalue weighted by Gasteiger charge is -2.31. The van der Waals surface area contributed by atoms with Gasteiger partial charge < -0.3 is 20.5 Å². The van der Waals surface area contributed by atoms with Gasteiger partial charge in [0.15, 0.2) is 0 Å². The highest BCUT2D eigenvalue weighted by molar-refractivity contribution is 5.94. The summed E-state index contributed by atoms with van der Waals surface area (Å²) in [6.07, 6.45) is 5.19. The summed E-state index contributed by atoms with van der Waals surface area (Å²) < 4.78 is 18.7. The fraction of sp³-hybridized carbons (Fsp3) is 0.300. The highest BCUT2D eigenvalue weighted by Crippen LogP contribution is 2.16.